The highest BCUT2D eigenvalue weighted by Crippen LogP contribution is 2.34. The summed E-state index contributed by atoms with van der Waals surface area (Å²) in [6.07, 6.45) is 6.50. The Morgan fingerprint density at radius 1 is 1.19 bits per heavy atom. The Labute approximate surface area is 95.7 Å². The van der Waals surface area contributed by atoms with Crippen molar-refractivity contribution in [3.05, 3.63) is 29.7 Å². The first-order valence-corrected chi connectivity index (χ1v) is 6.20. The molecule has 0 N–H and O–H groups in total. The summed E-state index contributed by atoms with van der Waals surface area (Å²) in [6, 6.07) is 6.17. The summed E-state index contributed by atoms with van der Waals surface area (Å²) < 4.78 is 5.93. The molecule has 3 rings (SSSR count). The van der Waals surface area contributed by atoms with Gasteiger partial charge in [0.1, 0.15) is 5.52 Å². The maximum absolute atomic E-state index is 5.93. The van der Waals surface area contributed by atoms with Gasteiger partial charge in [0.05, 0.1) is 0 Å². The number of hydrogen-bond acceptors (Lipinski definition) is 2. The van der Waals surface area contributed by atoms with Gasteiger partial charge in [-0.15, -0.1) is 0 Å². The lowest BCUT2D eigenvalue weighted by atomic mass is 9.89. The van der Waals surface area contributed by atoms with Gasteiger partial charge in [-0.3, -0.25) is 0 Å². The van der Waals surface area contributed by atoms with Gasteiger partial charge >= 0.3 is 0 Å². The standard InChI is InChI=1S/C14H17NO/c1-10-6-5-9-12-13(10)16-14(15-12)11-7-3-2-4-8-11/h5-6,9,11H,2-4,7-8H2,1H3. The molecule has 1 saturated carbocycles. The molecule has 2 nitrogen and oxygen atoms in total. The van der Waals surface area contributed by atoms with Crippen molar-refractivity contribution in [2.75, 3.05) is 0 Å². The van der Waals surface area contributed by atoms with Crippen LogP contribution in [-0.4, -0.2) is 4.98 Å². The van der Waals surface area contributed by atoms with Crippen molar-refractivity contribution < 1.29 is 4.42 Å². The van der Waals surface area contributed by atoms with Crippen LogP contribution in [-0.2, 0) is 0 Å². The molecule has 1 heterocycles. The fourth-order valence-electron chi connectivity index (χ4n) is 2.63. The normalized spacial score (nSPS) is 18.1. The average Bonchev–Trinajstić information content (AvgIpc) is 2.76. The molecule has 84 valence electrons. The van der Waals surface area contributed by atoms with E-state index in [1.807, 2.05) is 12.1 Å². The molecule has 2 aromatic rings. The van der Waals surface area contributed by atoms with E-state index in [9.17, 15) is 0 Å². The van der Waals surface area contributed by atoms with E-state index in [4.69, 9.17) is 4.42 Å². The first kappa shape index (κ1) is 9.88. The van der Waals surface area contributed by atoms with Crippen LogP contribution in [0.25, 0.3) is 11.1 Å². The van der Waals surface area contributed by atoms with Crippen LogP contribution in [0.15, 0.2) is 22.6 Å². The molecule has 0 radical (unpaired) electrons. The number of aryl methyl sites for hydroxylation is 1. The highest BCUT2D eigenvalue weighted by atomic mass is 16.3. The topological polar surface area (TPSA) is 26.0 Å². The van der Waals surface area contributed by atoms with Crippen molar-refractivity contribution in [1.29, 1.82) is 0 Å². The first-order valence-electron chi connectivity index (χ1n) is 6.20. The zero-order valence-corrected chi connectivity index (χ0v) is 9.70. The smallest absolute Gasteiger partial charge is 0.198 e. The predicted molar refractivity (Wildman–Crippen MR) is 64.6 cm³/mol. The number of hydrogen-bond donors (Lipinski definition) is 0. The van der Waals surface area contributed by atoms with Crippen molar-refractivity contribution in [3.8, 4) is 0 Å². The van der Waals surface area contributed by atoms with Gasteiger partial charge in [0.25, 0.3) is 0 Å². The molecule has 0 atom stereocenters. The number of aromatic nitrogens is 1. The zero-order chi connectivity index (χ0) is 11.0. The number of rotatable bonds is 1. The minimum Gasteiger partial charge on any atom is -0.440 e. The van der Waals surface area contributed by atoms with E-state index in [2.05, 4.69) is 18.0 Å². The van der Waals surface area contributed by atoms with Crippen LogP contribution in [0.2, 0.25) is 0 Å². The maximum Gasteiger partial charge on any atom is 0.198 e. The summed E-state index contributed by atoms with van der Waals surface area (Å²) in [5.74, 6) is 1.52. The van der Waals surface area contributed by atoms with Gasteiger partial charge in [-0.25, -0.2) is 4.98 Å². The molecule has 0 unspecified atom stereocenters. The monoisotopic (exact) mass is 215 g/mol. The molecule has 1 aromatic heterocycles. The summed E-state index contributed by atoms with van der Waals surface area (Å²) in [4.78, 5) is 4.63. The Morgan fingerprint density at radius 3 is 2.75 bits per heavy atom. The van der Waals surface area contributed by atoms with Gasteiger partial charge in [-0.05, 0) is 31.4 Å². The van der Waals surface area contributed by atoms with Crippen molar-refractivity contribution in [2.45, 2.75) is 44.9 Å². The number of fused-ring (bicyclic) bond motifs is 1. The maximum atomic E-state index is 5.93. The third kappa shape index (κ3) is 1.62. The number of para-hydroxylation sites is 1. The number of oxazole rings is 1. The Balaban J connectivity index is 2.01. The molecule has 0 aliphatic heterocycles. The van der Waals surface area contributed by atoms with Crippen LogP contribution in [0, 0.1) is 6.92 Å². The minimum absolute atomic E-state index is 0.556. The molecule has 0 amide bonds. The van der Waals surface area contributed by atoms with Crippen molar-refractivity contribution in [2.24, 2.45) is 0 Å². The third-order valence-electron chi connectivity index (χ3n) is 3.58. The van der Waals surface area contributed by atoms with Gasteiger partial charge in [0.15, 0.2) is 11.5 Å². The van der Waals surface area contributed by atoms with E-state index in [-0.39, 0.29) is 0 Å². The second-order valence-corrected chi connectivity index (χ2v) is 4.81. The second-order valence-electron chi connectivity index (χ2n) is 4.81. The average molecular weight is 215 g/mol. The third-order valence-corrected chi connectivity index (χ3v) is 3.58. The van der Waals surface area contributed by atoms with Crippen LogP contribution < -0.4 is 0 Å². The summed E-state index contributed by atoms with van der Waals surface area (Å²) in [5, 5.41) is 0. The molecule has 1 aliphatic carbocycles. The molecule has 1 fully saturated rings. The Kier molecular flexibility index (Phi) is 2.43. The molecule has 0 saturated heterocycles. The SMILES string of the molecule is Cc1cccc2nc(C3CCCCC3)oc12. The molecule has 0 spiro atoms. The molecule has 0 bridgehead atoms. The summed E-state index contributed by atoms with van der Waals surface area (Å²) in [5.41, 5.74) is 3.18. The summed E-state index contributed by atoms with van der Waals surface area (Å²) in [7, 11) is 0. The quantitative estimate of drug-likeness (QED) is 0.713. The number of benzene rings is 1. The lowest BCUT2D eigenvalue weighted by Crippen LogP contribution is -2.04. The van der Waals surface area contributed by atoms with Crippen LogP contribution >= 0.6 is 0 Å². The van der Waals surface area contributed by atoms with Crippen LogP contribution in [0.3, 0.4) is 0 Å². The molecule has 1 aromatic carbocycles. The van der Waals surface area contributed by atoms with Crippen LogP contribution in [0.1, 0.15) is 49.5 Å². The Bertz CT molecular complexity index is 494. The Morgan fingerprint density at radius 2 is 2.00 bits per heavy atom. The van der Waals surface area contributed by atoms with E-state index in [0.29, 0.717) is 5.92 Å². The van der Waals surface area contributed by atoms with E-state index in [0.717, 1.165) is 17.0 Å². The van der Waals surface area contributed by atoms with E-state index >= 15 is 0 Å². The zero-order valence-electron chi connectivity index (χ0n) is 9.70. The van der Waals surface area contributed by atoms with Gasteiger partial charge in [0, 0.05) is 5.92 Å². The Hall–Kier alpha value is -1.31. The summed E-state index contributed by atoms with van der Waals surface area (Å²) in [6.45, 7) is 2.08. The van der Waals surface area contributed by atoms with Crippen molar-refractivity contribution in [3.63, 3.8) is 0 Å². The largest absolute Gasteiger partial charge is 0.440 e. The minimum atomic E-state index is 0.556. The first-order chi connectivity index (χ1) is 7.84. The molecule has 1 aliphatic rings. The van der Waals surface area contributed by atoms with Gasteiger partial charge in [0.2, 0.25) is 0 Å². The lowest BCUT2D eigenvalue weighted by Gasteiger charge is -2.17. The van der Waals surface area contributed by atoms with Gasteiger partial charge in [-0.2, -0.15) is 0 Å². The van der Waals surface area contributed by atoms with Crippen molar-refractivity contribution in [1.82, 2.24) is 4.98 Å². The highest BCUT2D eigenvalue weighted by molar-refractivity contribution is 5.76. The predicted octanol–water partition coefficient (Wildman–Crippen LogP) is 4.18. The molecule has 2 heteroatoms. The lowest BCUT2D eigenvalue weighted by molar-refractivity contribution is 0.373. The van der Waals surface area contributed by atoms with E-state index in [1.165, 1.54) is 37.7 Å². The summed E-state index contributed by atoms with van der Waals surface area (Å²) >= 11 is 0. The molecule has 16 heavy (non-hydrogen) atoms. The van der Waals surface area contributed by atoms with E-state index < -0.39 is 0 Å². The highest BCUT2D eigenvalue weighted by Gasteiger charge is 2.21. The van der Waals surface area contributed by atoms with Crippen LogP contribution in [0.4, 0.5) is 0 Å². The van der Waals surface area contributed by atoms with Gasteiger partial charge in [-0.1, -0.05) is 31.4 Å². The number of nitrogens with zero attached hydrogens (tertiary/aromatic N) is 1. The van der Waals surface area contributed by atoms with Crippen LogP contribution in [0.5, 0.6) is 0 Å². The molecular formula is C14H17NO. The molecular weight excluding hydrogens is 198 g/mol. The van der Waals surface area contributed by atoms with Gasteiger partial charge < -0.3 is 4.42 Å². The fourth-order valence-corrected chi connectivity index (χ4v) is 2.63. The fraction of sp³-hybridized carbons (Fsp3) is 0.500. The van der Waals surface area contributed by atoms with E-state index in [1.54, 1.807) is 0 Å². The van der Waals surface area contributed by atoms with Crippen molar-refractivity contribution >= 4 is 11.1 Å². The second kappa shape index (κ2) is 3.93.